The molecular weight excluding hydrogens is 376 g/mol. The van der Waals surface area contributed by atoms with E-state index in [1.807, 2.05) is 13.0 Å². The van der Waals surface area contributed by atoms with E-state index in [1.54, 1.807) is 26.0 Å². The molecule has 1 fully saturated rings. The Labute approximate surface area is 170 Å². The van der Waals surface area contributed by atoms with Crippen LogP contribution in [0.4, 0.5) is 0 Å². The van der Waals surface area contributed by atoms with E-state index in [2.05, 4.69) is 6.58 Å². The number of hydrogen-bond acceptors (Lipinski definition) is 7. The third kappa shape index (κ3) is 5.23. The maximum atomic E-state index is 12.6. The number of aliphatic hydroxyl groups is 1. The Morgan fingerprint density at radius 3 is 2.62 bits per heavy atom. The first-order valence-electron chi connectivity index (χ1n) is 9.57. The third-order valence-corrected chi connectivity index (χ3v) is 5.15. The zero-order valence-electron chi connectivity index (χ0n) is 17.3. The van der Waals surface area contributed by atoms with Gasteiger partial charge in [-0.15, -0.1) is 0 Å². The summed E-state index contributed by atoms with van der Waals surface area (Å²) in [6.45, 7) is 9.87. The lowest BCUT2D eigenvalue weighted by molar-refractivity contribution is -0.166. The van der Waals surface area contributed by atoms with Crippen LogP contribution in [-0.2, 0) is 28.6 Å². The topological polar surface area (TPSA) is 99.1 Å². The van der Waals surface area contributed by atoms with Crippen molar-refractivity contribution in [1.82, 2.24) is 0 Å². The fourth-order valence-corrected chi connectivity index (χ4v) is 3.44. The molecule has 2 aliphatic rings. The van der Waals surface area contributed by atoms with E-state index in [1.165, 1.54) is 6.92 Å². The summed E-state index contributed by atoms with van der Waals surface area (Å²) in [6, 6.07) is 0. The van der Waals surface area contributed by atoms with E-state index in [9.17, 15) is 19.5 Å². The van der Waals surface area contributed by atoms with Crippen LogP contribution in [0.25, 0.3) is 0 Å². The highest BCUT2D eigenvalue weighted by Crippen LogP contribution is 2.37. The molecule has 1 saturated heterocycles. The summed E-state index contributed by atoms with van der Waals surface area (Å²) in [4.78, 5) is 36.7. The van der Waals surface area contributed by atoms with Crippen molar-refractivity contribution in [2.24, 2.45) is 5.92 Å². The summed E-state index contributed by atoms with van der Waals surface area (Å²) in [5.74, 6) is -2.57. The van der Waals surface area contributed by atoms with Crippen molar-refractivity contribution in [3.63, 3.8) is 0 Å². The van der Waals surface area contributed by atoms with Crippen LogP contribution in [0.1, 0.15) is 40.5 Å². The zero-order valence-corrected chi connectivity index (χ0v) is 17.3. The van der Waals surface area contributed by atoms with Crippen LogP contribution in [0, 0.1) is 5.92 Å². The molecule has 0 bridgehead atoms. The van der Waals surface area contributed by atoms with Gasteiger partial charge in [-0.05, 0) is 45.3 Å². The van der Waals surface area contributed by atoms with E-state index >= 15 is 0 Å². The van der Waals surface area contributed by atoms with E-state index in [-0.39, 0.29) is 5.57 Å². The Kier molecular flexibility index (Phi) is 7.56. The molecule has 7 heteroatoms. The molecule has 7 nitrogen and oxygen atoms in total. The summed E-state index contributed by atoms with van der Waals surface area (Å²) >= 11 is 0. The van der Waals surface area contributed by atoms with Gasteiger partial charge in [0, 0.05) is 18.1 Å². The second kappa shape index (κ2) is 9.69. The van der Waals surface area contributed by atoms with Crippen molar-refractivity contribution in [1.29, 1.82) is 0 Å². The molecule has 2 rings (SSSR count). The lowest BCUT2D eigenvalue weighted by atomic mass is 9.83. The van der Waals surface area contributed by atoms with Crippen LogP contribution in [-0.4, -0.2) is 47.9 Å². The van der Waals surface area contributed by atoms with Crippen LogP contribution < -0.4 is 0 Å². The Morgan fingerprint density at radius 1 is 1.34 bits per heavy atom. The molecule has 158 valence electrons. The first-order chi connectivity index (χ1) is 13.7. The smallest absolute Gasteiger partial charge is 0.334 e. The van der Waals surface area contributed by atoms with Crippen LogP contribution in [0.5, 0.6) is 0 Å². The zero-order chi connectivity index (χ0) is 21.7. The largest absolute Gasteiger partial charge is 0.454 e. The highest BCUT2D eigenvalue weighted by atomic mass is 16.6. The molecule has 0 radical (unpaired) electrons. The van der Waals surface area contributed by atoms with Crippen molar-refractivity contribution >= 4 is 17.9 Å². The first-order valence-corrected chi connectivity index (χ1v) is 9.57. The molecular formula is C22H28O7. The predicted octanol–water partition coefficient (Wildman–Crippen LogP) is 2.55. The Balaban J connectivity index is 2.62. The number of allylic oxidation sites excluding steroid dienone is 3. The first kappa shape index (κ1) is 22.6. The fourth-order valence-electron chi connectivity index (χ4n) is 3.44. The summed E-state index contributed by atoms with van der Waals surface area (Å²) in [7, 11) is 0. The minimum atomic E-state index is -1.09. The van der Waals surface area contributed by atoms with Gasteiger partial charge in [0.1, 0.15) is 6.10 Å². The number of carbonyl (C=O) groups is 3. The highest BCUT2D eigenvalue weighted by molar-refractivity contribution is 5.92. The predicted molar refractivity (Wildman–Crippen MR) is 106 cm³/mol. The van der Waals surface area contributed by atoms with E-state index in [0.29, 0.717) is 24.0 Å². The molecule has 0 aromatic rings. The number of ether oxygens (including phenoxy) is 3. The normalized spacial score (nSPS) is 31.6. The molecule has 1 aliphatic carbocycles. The van der Waals surface area contributed by atoms with Crippen LogP contribution >= 0.6 is 0 Å². The number of aliphatic hydroxyl groups excluding tert-OH is 1. The molecule has 0 amide bonds. The number of carbonyl (C=O) groups excluding carboxylic acids is 3. The summed E-state index contributed by atoms with van der Waals surface area (Å²) < 4.78 is 16.7. The minimum absolute atomic E-state index is 0.130. The van der Waals surface area contributed by atoms with E-state index in [0.717, 1.165) is 5.57 Å². The monoisotopic (exact) mass is 404 g/mol. The SMILES string of the molecule is C=C1C(=O)O[C@@H]2/C=C(\C)CC/C=C(\CO)[C@H](OC(C)=O)[C@@H](OC(=O)/C(C)=C\C)[C@@H]12. The number of rotatable bonds is 4. The minimum Gasteiger partial charge on any atom is -0.454 e. The molecule has 0 aromatic carbocycles. The number of fused-ring (bicyclic) bond motifs is 1. The van der Waals surface area contributed by atoms with Gasteiger partial charge in [0.15, 0.2) is 12.2 Å². The summed E-state index contributed by atoms with van der Waals surface area (Å²) in [5, 5.41) is 9.94. The lowest BCUT2D eigenvalue weighted by Gasteiger charge is -2.33. The van der Waals surface area contributed by atoms with Crippen LogP contribution in [0.3, 0.4) is 0 Å². The Hall–Kier alpha value is -2.67. The summed E-state index contributed by atoms with van der Waals surface area (Å²) in [6.07, 6.45) is 3.56. The molecule has 29 heavy (non-hydrogen) atoms. The van der Waals surface area contributed by atoms with E-state index < -0.39 is 48.7 Å². The van der Waals surface area contributed by atoms with Gasteiger partial charge in [-0.3, -0.25) is 4.79 Å². The molecule has 4 atom stereocenters. The van der Waals surface area contributed by atoms with Crippen LogP contribution in [0.15, 0.2) is 47.1 Å². The average Bonchev–Trinajstić information content (AvgIpc) is 2.93. The van der Waals surface area contributed by atoms with Crippen molar-refractivity contribution in [2.75, 3.05) is 6.61 Å². The molecule has 1 N–H and O–H groups in total. The van der Waals surface area contributed by atoms with Gasteiger partial charge in [0.2, 0.25) is 0 Å². The molecule has 1 aliphatic heterocycles. The van der Waals surface area contributed by atoms with Gasteiger partial charge in [0.05, 0.1) is 12.5 Å². The van der Waals surface area contributed by atoms with Crippen LogP contribution in [0.2, 0.25) is 0 Å². The van der Waals surface area contributed by atoms with Gasteiger partial charge in [-0.2, -0.15) is 0 Å². The quantitative estimate of drug-likeness (QED) is 0.333. The Bertz CT molecular complexity index is 787. The van der Waals surface area contributed by atoms with Crippen molar-refractivity contribution < 1.29 is 33.7 Å². The fraction of sp³-hybridized carbons (Fsp3) is 0.500. The lowest BCUT2D eigenvalue weighted by Crippen LogP contribution is -2.45. The van der Waals surface area contributed by atoms with Crippen molar-refractivity contribution in [2.45, 2.75) is 58.8 Å². The Morgan fingerprint density at radius 2 is 2.03 bits per heavy atom. The molecule has 0 spiro atoms. The molecule has 0 aromatic heterocycles. The van der Waals surface area contributed by atoms with Crippen molar-refractivity contribution in [3.05, 3.63) is 47.1 Å². The highest BCUT2D eigenvalue weighted by Gasteiger charge is 2.49. The van der Waals surface area contributed by atoms with Gasteiger partial charge < -0.3 is 19.3 Å². The van der Waals surface area contributed by atoms with Gasteiger partial charge in [-0.1, -0.05) is 24.3 Å². The van der Waals surface area contributed by atoms with Gasteiger partial charge >= 0.3 is 17.9 Å². The maximum Gasteiger partial charge on any atom is 0.334 e. The maximum absolute atomic E-state index is 12.6. The molecule has 1 heterocycles. The third-order valence-electron chi connectivity index (χ3n) is 5.15. The van der Waals surface area contributed by atoms with Gasteiger partial charge in [-0.25, -0.2) is 9.59 Å². The van der Waals surface area contributed by atoms with Gasteiger partial charge in [0.25, 0.3) is 0 Å². The number of esters is 3. The van der Waals surface area contributed by atoms with Crippen molar-refractivity contribution in [3.8, 4) is 0 Å². The second-order valence-corrected chi connectivity index (χ2v) is 7.28. The average molecular weight is 404 g/mol. The molecule has 0 saturated carbocycles. The van der Waals surface area contributed by atoms with E-state index in [4.69, 9.17) is 14.2 Å². The standard InChI is InChI=1S/C22H28O7/c1-6-13(3)21(25)29-20-18-14(4)22(26)28-17(18)10-12(2)8-7-9-16(11-23)19(20)27-15(5)24/h6,9-10,17-20,23H,4,7-8,11H2,1-3,5H3/b12-10+,13-6-,16-9+/t17-,18+,19+,20+/m1/s1. The molecule has 0 unspecified atom stereocenters. The summed E-state index contributed by atoms with van der Waals surface area (Å²) in [5.41, 5.74) is 1.87. The number of hydrogen-bond donors (Lipinski definition) is 1. The second-order valence-electron chi connectivity index (χ2n) is 7.28.